The van der Waals surface area contributed by atoms with Crippen molar-refractivity contribution >= 4 is 50.7 Å². The van der Waals surface area contributed by atoms with Gasteiger partial charge in [-0.05, 0) is 40.2 Å². The Kier molecular flexibility index (Phi) is 4.39. The second-order valence-electron chi connectivity index (χ2n) is 3.57. The van der Waals surface area contributed by atoms with E-state index in [1.54, 1.807) is 6.07 Å². The van der Waals surface area contributed by atoms with Gasteiger partial charge in [0.05, 0.1) is 11.3 Å². The molecule has 7 heteroatoms. The fourth-order valence-corrected chi connectivity index (χ4v) is 2.03. The summed E-state index contributed by atoms with van der Waals surface area (Å²) in [4.78, 5) is 15.8. The number of hydrogen-bond donors (Lipinski definition) is 1. The predicted octanol–water partition coefficient (Wildman–Crippen LogP) is 4.54. The number of nitrogens with one attached hydrogen (secondary N) is 1. The number of carbonyl (C=O) groups is 1. The fourth-order valence-electron chi connectivity index (χ4n) is 1.37. The molecule has 0 unspecified atom stereocenters. The Morgan fingerprint density at radius 2 is 2.05 bits per heavy atom. The number of hydrogen-bond acceptors (Lipinski definition) is 2. The lowest BCUT2D eigenvalue weighted by Crippen LogP contribution is -2.14. The molecule has 1 aromatic heterocycles. The van der Waals surface area contributed by atoms with E-state index in [0.29, 0.717) is 4.47 Å². The Balaban J connectivity index is 2.30. The quantitative estimate of drug-likeness (QED) is 0.795. The first-order valence-electron chi connectivity index (χ1n) is 5.05. The summed E-state index contributed by atoms with van der Waals surface area (Å²) in [7, 11) is 0. The van der Waals surface area contributed by atoms with Crippen molar-refractivity contribution in [3.63, 3.8) is 0 Å². The third kappa shape index (κ3) is 3.43. The third-order valence-electron chi connectivity index (χ3n) is 2.23. The number of anilines is 1. The Hall–Kier alpha value is -1.17. The highest BCUT2D eigenvalue weighted by Crippen LogP contribution is 2.24. The minimum atomic E-state index is -0.666. The monoisotopic (exact) mass is 362 g/mol. The van der Waals surface area contributed by atoms with E-state index in [1.807, 2.05) is 0 Å². The normalized spacial score (nSPS) is 10.3. The molecule has 0 aliphatic heterocycles. The summed E-state index contributed by atoms with van der Waals surface area (Å²) >= 11 is 14.8. The molecular formula is C12H6BrCl2FN2O. The molecule has 0 radical (unpaired) electrons. The number of rotatable bonds is 2. The van der Waals surface area contributed by atoms with Gasteiger partial charge in [-0.1, -0.05) is 23.2 Å². The number of carbonyl (C=O) groups excluding carboxylic acids is 1. The van der Waals surface area contributed by atoms with Gasteiger partial charge in [-0.3, -0.25) is 4.79 Å². The molecule has 1 amide bonds. The Labute approximate surface area is 126 Å². The van der Waals surface area contributed by atoms with Crippen molar-refractivity contribution in [2.75, 3.05) is 5.32 Å². The molecule has 19 heavy (non-hydrogen) atoms. The van der Waals surface area contributed by atoms with Crippen molar-refractivity contribution < 1.29 is 9.18 Å². The van der Waals surface area contributed by atoms with Gasteiger partial charge in [0.15, 0.2) is 5.15 Å². The van der Waals surface area contributed by atoms with Crippen LogP contribution in [0.25, 0.3) is 0 Å². The zero-order chi connectivity index (χ0) is 14.0. The molecule has 98 valence electrons. The van der Waals surface area contributed by atoms with Crippen LogP contribution in [0.3, 0.4) is 0 Å². The van der Waals surface area contributed by atoms with E-state index in [-0.39, 0.29) is 21.4 Å². The van der Waals surface area contributed by atoms with Crippen LogP contribution in [0, 0.1) is 5.82 Å². The summed E-state index contributed by atoms with van der Waals surface area (Å²) in [5.74, 6) is -1.32. The van der Waals surface area contributed by atoms with Gasteiger partial charge in [0, 0.05) is 15.7 Å². The molecule has 1 aromatic carbocycles. The predicted molar refractivity (Wildman–Crippen MR) is 76.3 cm³/mol. The summed E-state index contributed by atoms with van der Waals surface area (Å²) in [6, 6.07) is 5.29. The third-order valence-corrected chi connectivity index (χ3v) is 3.20. The summed E-state index contributed by atoms with van der Waals surface area (Å²) in [6.45, 7) is 0. The first-order valence-corrected chi connectivity index (χ1v) is 6.59. The maximum absolute atomic E-state index is 13.5. The number of halogens is 4. The number of amides is 1. The van der Waals surface area contributed by atoms with Crippen molar-refractivity contribution in [3.8, 4) is 0 Å². The van der Waals surface area contributed by atoms with Crippen molar-refractivity contribution in [1.82, 2.24) is 4.98 Å². The lowest BCUT2D eigenvalue weighted by Gasteiger charge is -2.08. The first kappa shape index (κ1) is 14.2. The van der Waals surface area contributed by atoms with E-state index in [2.05, 4.69) is 26.2 Å². The van der Waals surface area contributed by atoms with Gasteiger partial charge in [0.2, 0.25) is 0 Å². The van der Waals surface area contributed by atoms with Crippen LogP contribution in [0.4, 0.5) is 10.1 Å². The van der Waals surface area contributed by atoms with Crippen LogP contribution in [-0.2, 0) is 0 Å². The second kappa shape index (κ2) is 5.86. The molecule has 0 atom stereocenters. The number of nitrogens with zero attached hydrogens (tertiary/aromatic N) is 1. The Morgan fingerprint density at radius 3 is 2.79 bits per heavy atom. The van der Waals surface area contributed by atoms with Crippen molar-refractivity contribution in [2.45, 2.75) is 0 Å². The van der Waals surface area contributed by atoms with Gasteiger partial charge in [-0.15, -0.1) is 0 Å². The summed E-state index contributed by atoms with van der Waals surface area (Å²) in [5.41, 5.74) is 0.115. The zero-order valence-corrected chi connectivity index (χ0v) is 12.4. The minimum absolute atomic E-state index is 0.110. The van der Waals surface area contributed by atoms with Crippen LogP contribution in [-0.4, -0.2) is 10.9 Å². The molecule has 2 aromatic rings. The molecule has 0 fully saturated rings. The number of pyridine rings is 1. The van der Waals surface area contributed by atoms with E-state index in [9.17, 15) is 9.18 Å². The highest BCUT2D eigenvalue weighted by Gasteiger charge is 2.14. The van der Waals surface area contributed by atoms with Gasteiger partial charge in [-0.2, -0.15) is 0 Å². The average molecular weight is 364 g/mol. The highest BCUT2D eigenvalue weighted by molar-refractivity contribution is 9.10. The Bertz CT molecular complexity index is 652. The average Bonchev–Trinajstić information content (AvgIpc) is 2.36. The lowest BCUT2D eigenvalue weighted by atomic mass is 10.2. The van der Waals surface area contributed by atoms with Gasteiger partial charge in [0.25, 0.3) is 5.91 Å². The SMILES string of the molecule is O=C(Nc1cc(Br)cnc1Cl)c1cc(Cl)ccc1F. The van der Waals surface area contributed by atoms with Gasteiger partial charge in [-0.25, -0.2) is 9.37 Å². The van der Waals surface area contributed by atoms with Crippen molar-refractivity contribution in [2.24, 2.45) is 0 Å². The number of aromatic nitrogens is 1. The topological polar surface area (TPSA) is 42.0 Å². The van der Waals surface area contributed by atoms with Crippen molar-refractivity contribution in [1.29, 1.82) is 0 Å². The molecular weight excluding hydrogens is 358 g/mol. The second-order valence-corrected chi connectivity index (χ2v) is 5.28. The molecule has 1 heterocycles. The van der Waals surface area contributed by atoms with Gasteiger partial charge >= 0.3 is 0 Å². The molecule has 3 nitrogen and oxygen atoms in total. The van der Waals surface area contributed by atoms with Gasteiger partial charge in [0.1, 0.15) is 5.82 Å². The molecule has 0 saturated heterocycles. The van der Waals surface area contributed by atoms with Crippen LogP contribution in [0.15, 0.2) is 34.9 Å². The lowest BCUT2D eigenvalue weighted by molar-refractivity contribution is 0.102. The maximum Gasteiger partial charge on any atom is 0.258 e. The molecule has 0 spiro atoms. The summed E-state index contributed by atoms with van der Waals surface area (Å²) in [6.07, 6.45) is 1.48. The zero-order valence-electron chi connectivity index (χ0n) is 9.25. The largest absolute Gasteiger partial charge is 0.319 e. The van der Waals surface area contributed by atoms with Crippen LogP contribution in [0.1, 0.15) is 10.4 Å². The molecule has 2 rings (SSSR count). The minimum Gasteiger partial charge on any atom is -0.319 e. The standard InChI is InChI=1S/C12H6BrCl2FN2O/c13-6-3-10(11(15)17-5-6)18-12(19)8-4-7(14)1-2-9(8)16/h1-5H,(H,18,19). The number of benzene rings is 1. The Morgan fingerprint density at radius 1 is 1.32 bits per heavy atom. The van der Waals surface area contributed by atoms with Crippen LogP contribution < -0.4 is 5.32 Å². The summed E-state index contributed by atoms with van der Waals surface area (Å²) < 4.78 is 14.2. The molecule has 0 saturated carbocycles. The van der Waals surface area contributed by atoms with Crippen LogP contribution >= 0.6 is 39.1 Å². The maximum atomic E-state index is 13.5. The molecule has 1 N–H and O–H groups in total. The fraction of sp³-hybridized carbons (Fsp3) is 0. The smallest absolute Gasteiger partial charge is 0.258 e. The van der Waals surface area contributed by atoms with E-state index in [0.717, 1.165) is 6.07 Å². The highest BCUT2D eigenvalue weighted by atomic mass is 79.9. The molecule has 0 aliphatic carbocycles. The van der Waals surface area contributed by atoms with Gasteiger partial charge < -0.3 is 5.32 Å². The molecule has 0 aliphatic rings. The van der Waals surface area contributed by atoms with E-state index < -0.39 is 11.7 Å². The van der Waals surface area contributed by atoms with Crippen LogP contribution in [0.5, 0.6) is 0 Å². The van der Waals surface area contributed by atoms with Crippen molar-refractivity contribution in [3.05, 3.63) is 56.5 Å². The van der Waals surface area contributed by atoms with Crippen LogP contribution in [0.2, 0.25) is 10.2 Å². The molecule has 0 bridgehead atoms. The summed E-state index contributed by atoms with van der Waals surface area (Å²) in [5, 5.41) is 2.85. The van der Waals surface area contributed by atoms with E-state index >= 15 is 0 Å². The van der Waals surface area contributed by atoms with E-state index in [4.69, 9.17) is 23.2 Å². The van der Waals surface area contributed by atoms with E-state index in [1.165, 1.54) is 18.3 Å². The first-order chi connectivity index (χ1) is 8.97.